The van der Waals surface area contributed by atoms with E-state index < -0.39 is 5.97 Å². The van der Waals surface area contributed by atoms with E-state index in [9.17, 15) is 14.7 Å². The van der Waals surface area contributed by atoms with Crippen LogP contribution >= 0.6 is 0 Å². The van der Waals surface area contributed by atoms with Crippen LogP contribution in [-0.2, 0) is 4.74 Å². The molecule has 0 aliphatic rings. The topological polar surface area (TPSA) is 63.6 Å². The predicted octanol–water partition coefficient (Wildman–Crippen LogP) is 2.72. The number of aryl methyl sites for hydroxylation is 1. The van der Waals surface area contributed by atoms with Crippen LogP contribution in [0.5, 0.6) is 5.75 Å². The first-order chi connectivity index (χ1) is 9.51. The largest absolute Gasteiger partial charge is 0.508 e. The maximum absolute atomic E-state index is 12.4. The van der Waals surface area contributed by atoms with Crippen LogP contribution in [0.1, 0.15) is 31.8 Å². The summed E-state index contributed by atoms with van der Waals surface area (Å²) in [5, 5.41) is 9.54. The van der Waals surface area contributed by atoms with Gasteiger partial charge in [-0.05, 0) is 42.8 Å². The number of hydrogen-bond acceptors (Lipinski definition) is 4. The molecule has 2 aromatic rings. The number of ketones is 1. The Kier molecular flexibility index (Phi) is 3.84. The number of methoxy groups -OCH3 is 1. The van der Waals surface area contributed by atoms with Crippen molar-refractivity contribution in [1.29, 1.82) is 0 Å². The first-order valence-electron chi connectivity index (χ1n) is 6.05. The molecule has 2 rings (SSSR count). The van der Waals surface area contributed by atoms with E-state index in [1.54, 1.807) is 37.3 Å². The van der Waals surface area contributed by atoms with Gasteiger partial charge in [0.05, 0.1) is 12.7 Å². The van der Waals surface area contributed by atoms with E-state index in [1.165, 1.54) is 19.2 Å². The quantitative estimate of drug-likeness (QED) is 0.688. The van der Waals surface area contributed by atoms with Gasteiger partial charge in [-0.1, -0.05) is 12.1 Å². The molecule has 1 N–H and O–H groups in total. The van der Waals surface area contributed by atoms with Crippen molar-refractivity contribution >= 4 is 11.8 Å². The molecule has 0 unspecified atom stereocenters. The SMILES string of the molecule is COC(=O)c1cccc(C(=O)c2cc(C)cc(O)c2)c1. The summed E-state index contributed by atoms with van der Waals surface area (Å²) in [6.45, 7) is 1.79. The first kappa shape index (κ1) is 13.8. The number of benzene rings is 2. The van der Waals surface area contributed by atoms with Gasteiger partial charge in [0.15, 0.2) is 5.78 Å². The van der Waals surface area contributed by atoms with Crippen LogP contribution in [0.2, 0.25) is 0 Å². The lowest BCUT2D eigenvalue weighted by Crippen LogP contribution is -2.06. The number of ether oxygens (including phenoxy) is 1. The van der Waals surface area contributed by atoms with Crippen LogP contribution in [0, 0.1) is 6.92 Å². The molecule has 2 aromatic carbocycles. The van der Waals surface area contributed by atoms with Crippen molar-refractivity contribution < 1.29 is 19.4 Å². The second kappa shape index (κ2) is 5.57. The molecule has 0 fully saturated rings. The average Bonchev–Trinajstić information content (AvgIpc) is 2.44. The molecule has 4 heteroatoms. The van der Waals surface area contributed by atoms with Gasteiger partial charge in [0.25, 0.3) is 0 Å². The van der Waals surface area contributed by atoms with E-state index in [0.29, 0.717) is 16.7 Å². The fourth-order valence-corrected chi connectivity index (χ4v) is 1.97. The molecule has 20 heavy (non-hydrogen) atoms. The normalized spacial score (nSPS) is 10.1. The molecular weight excluding hydrogens is 256 g/mol. The molecule has 102 valence electrons. The number of carbonyl (C=O) groups excluding carboxylic acids is 2. The van der Waals surface area contributed by atoms with Gasteiger partial charge in [-0.3, -0.25) is 4.79 Å². The van der Waals surface area contributed by atoms with Crippen LogP contribution in [-0.4, -0.2) is 24.0 Å². The third-order valence-electron chi connectivity index (χ3n) is 2.87. The zero-order chi connectivity index (χ0) is 14.7. The summed E-state index contributed by atoms with van der Waals surface area (Å²) < 4.78 is 4.62. The van der Waals surface area contributed by atoms with E-state index in [4.69, 9.17) is 0 Å². The second-order valence-corrected chi connectivity index (χ2v) is 4.46. The van der Waals surface area contributed by atoms with Gasteiger partial charge in [-0.15, -0.1) is 0 Å². The molecule has 0 aliphatic heterocycles. The summed E-state index contributed by atoms with van der Waals surface area (Å²) in [5.74, 6) is -0.709. The minimum atomic E-state index is -0.494. The van der Waals surface area contributed by atoms with Gasteiger partial charge >= 0.3 is 5.97 Å². The molecule has 0 aromatic heterocycles. The van der Waals surface area contributed by atoms with Crippen molar-refractivity contribution in [3.63, 3.8) is 0 Å². The Morgan fingerprint density at radius 3 is 2.35 bits per heavy atom. The Morgan fingerprint density at radius 2 is 1.70 bits per heavy atom. The van der Waals surface area contributed by atoms with Gasteiger partial charge in [0.2, 0.25) is 0 Å². The van der Waals surface area contributed by atoms with E-state index in [-0.39, 0.29) is 11.5 Å². The molecule has 0 saturated heterocycles. The van der Waals surface area contributed by atoms with Crippen molar-refractivity contribution in [1.82, 2.24) is 0 Å². The summed E-state index contributed by atoms with van der Waals surface area (Å²) in [4.78, 5) is 23.8. The number of aromatic hydroxyl groups is 1. The lowest BCUT2D eigenvalue weighted by Gasteiger charge is -2.05. The Labute approximate surface area is 116 Å². The molecule has 0 heterocycles. The third-order valence-corrected chi connectivity index (χ3v) is 2.87. The lowest BCUT2D eigenvalue weighted by molar-refractivity contribution is 0.0600. The summed E-state index contributed by atoms with van der Waals surface area (Å²) in [5.41, 5.74) is 1.86. The molecule has 0 atom stereocenters. The molecule has 0 aliphatic carbocycles. The lowest BCUT2D eigenvalue weighted by atomic mass is 10.00. The zero-order valence-corrected chi connectivity index (χ0v) is 11.2. The number of esters is 1. The maximum atomic E-state index is 12.4. The van der Waals surface area contributed by atoms with Crippen molar-refractivity contribution in [3.05, 3.63) is 64.7 Å². The monoisotopic (exact) mass is 270 g/mol. The molecule has 0 amide bonds. The molecular formula is C16H14O4. The van der Waals surface area contributed by atoms with E-state index in [1.807, 2.05) is 0 Å². The van der Waals surface area contributed by atoms with Gasteiger partial charge in [-0.25, -0.2) is 4.79 Å². The summed E-state index contributed by atoms with van der Waals surface area (Å²) in [6.07, 6.45) is 0. The van der Waals surface area contributed by atoms with Crippen molar-refractivity contribution in [2.45, 2.75) is 6.92 Å². The summed E-state index contributed by atoms with van der Waals surface area (Å²) in [6, 6.07) is 11.0. The van der Waals surface area contributed by atoms with Crippen LogP contribution in [0.15, 0.2) is 42.5 Å². The Bertz CT molecular complexity index is 654. The number of hydrogen-bond donors (Lipinski definition) is 1. The van der Waals surface area contributed by atoms with Crippen LogP contribution in [0.3, 0.4) is 0 Å². The zero-order valence-electron chi connectivity index (χ0n) is 11.2. The summed E-state index contributed by atoms with van der Waals surface area (Å²) in [7, 11) is 1.29. The second-order valence-electron chi connectivity index (χ2n) is 4.46. The van der Waals surface area contributed by atoms with Gasteiger partial charge in [-0.2, -0.15) is 0 Å². The third kappa shape index (κ3) is 2.85. The van der Waals surface area contributed by atoms with Gasteiger partial charge in [0.1, 0.15) is 5.75 Å². The molecule has 0 spiro atoms. The van der Waals surface area contributed by atoms with E-state index >= 15 is 0 Å². The minimum absolute atomic E-state index is 0.0393. The van der Waals surface area contributed by atoms with E-state index in [2.05, 4.69) is 4.74 Å². The van der Waals surface area contributed by atoms with Crippen molar-refractivity contribution in [2.75, 3.05) is 7.11 Å². The Morgan fingerprint density at radius 1 is 1.00 bits per heavy atom. The molecule has 0 saturated carbocycles. The average molecular weight is 270 g/mol. The molecule has 4 nitrogen and oxygen atoms in total. The van der Waals surface area contributed by atoms with Crippen LogP contribution in [0.4, 0.5) is 0 Å². The standard InChI is InChI=1S/C16H14O4/c1-10-6-13(9-14(17)7-10)15(18)11-4-3-5-12(8-11)16(19)20-2/h3-9,17H,1-2H3. The Balaban J connectivity index is 2.40. The maximum Gasteiger partial charge on any atom is 0.337 e. The number of rotatable bonds is 3. The van der Waals surface area contributed by atoms with Gasteiger partial charge in [0, 0.05) is 11.1 Å². The van der Waals surface area contributed by atoms with Gasteiger partial charge < -0.3 is 9.84 Å². The first-order valence-corrected chi connectivity index (χ1v) is 6.05. The Hall–Kier alpha value is -2.62. The highest BCUT2D eigenvalue weighted by Gasteiger charge is 2.13. The molecule has 0 radical (unpaired) electrons. The predicted molar refractivity (Wildman–Crippen MR) is 74.1 cm³/mol. The van der Waals surface area contributed by atoms with Crippen molar-refractivity contribution in [2.24, 2.45) is 0 Å². The highest BCUT2D eigenvalue weighted by Crippen LogP contribution is 2.19. The number of phenolic OH excluding ortho intramolecular Hbond substituents is 1. The van der Waals surface area contributed by atoms with E-state index in [0.717, 1.165) is 5.56 Å². The smallest absolute Gasteiger partial charge is 0.337 e. The highest BCUT2D eigenvalue weighted by atomic mass is 16.5. The highest BCUT2D eigenvalue weighted by molar-refractivity contribution is 6.10. The fourth-order valence-electron chi connectivity index (χ4n) is 1.97. The molecule has 0 bridgehead atoms. The summed E-state index contributed by atoms with van der Waals surface area (Å²) >= 11 is 0. The van der Waals surface area contributed by atoms with Crippen molar-refractivity contribution in [3.8, 4) is 5.75 Å². The van der Waals surface area contributed by atoms with Crippen LogP contribution < -0.4 is 0 Å². The fraction of sp³-hybridized carbons (Fsp3) is 0.125. The number of carbonyl (C=O) groups is 2. The minimum Gasteiger partial charge on any atom is -0.508 e. The van der Waals surface area contributed by atoms with Crippen LogP contribution in [0.25, 0.3) is 0 Å². The number of phenols is 1.